The molecule has 34 heavy (non-hydrogen) atoms. The maximum absolute atomic E-state index is 12.6. The number of phosphoric ester groups is 1. The van der Waals surface area contributed by atoms with Crippen LogP contribution in [0.4, 0.5) is 0 Å². The highest BCUT2D eigenvalue weighted by molar-refractivity contribution is 7.99. The maximum Gasteiger partial charge on any atom is 0.584 e. The summed E-state index contributed by atoms with van der Waals surface area (Å²) in [5, 5.41) is 0. The number of hydrogen-bond donors (Lipinski definition) is 1. The monoisotopic (exact) mass is 504 g/mol. The van der Waals surface area contributed by atoms with Gasteiger partial charge in [-0.05, 0) is 61.1 Å². The van der Waals surface area contributed by atoms with E-state index in [1.807, 2.05) is 24.3 Å². The molecule has 4 nitrogen and oxygen atoms in total. The summed E-state index contributed by atoms with van der Waals surface area (Å²) >= 11 is 1.56. The average Bonchev–Trinajstić information content (AvgIpc) is 2.80. The van der Waals surface area contributed by atoms with Crippen LogP contribution in [0.1, 0.15) is 102 Å². The maximum atomic E-state index is 12.6. The lowest BCUT2D eigenvalue weighted by Crippen LogP contribution is -2.04. The van der Waals surface area contributed by atoms with Crippen LogP contribution in [-0.4, -0.2) is 4.89 Å². The van der Waals surface area contributed by atoms with E-state index in [2.05, 4.69) is 26.0 Å². The Morgan fingerprint density at radius 1 is 0.676 bits per heavy atom. The lowest BCUT2D eigenvalue weighted by molar-refractivity contribution is 0.285. The number of phosphoric acid groups is 1. The molecule has 6 heteroatoms. The number of hydrogen-bond acceptors (Lipinski definition) is 4. The first-order valence-electron chi connectivity index (χ1n) is 13.2. The molecule has 0 saturated heterocycles. The van der Waals surface area contributed by atoms with E-state index in [9.17, 15) is 9.46 Å². The van der Waals surface area contributed by atoms with Crippen LogP contribution >= 0.6 is 19.6 Å². The van der Waals surface area contributed by atoms with Gasteiger partial charge in [-0.1, -0.05) is 102 Å². The van der Waals surface area contributed by atoms with Gasteiger partial charge in [-0.15, -0.1) is 0 Å². The molecule has 0 unspecified atom stereocenters. The summed E-state index contributed by atoms with van der Waals surface area (Å²) in [6.45, 7) is 4.48. The molecular weight excluding hydrogens is 463 g/mol. The largest absolute Gasteiger partial charge is 0.584 e. The van der Waals surface area contributed by atoms with Crippen molar-refractivity contribution in [3.8, 4) is 11.5 Å². The molecule has 2 aromatic rings. The van der Waals surface area contributed by atoms with Crippen LogP contribution in [0, 0.1) is 0 Å². The van der Waals surface area contributed by atoms with E-state index in [1.165, 1.54) is 75.3 Å². The van der Waals surface area contributed by atoms with Crippen molar-refractivity contribution in [2.24, 2.45) is 0 Å². The van der Waals surface area contributed by atoms with Crippen molar-refractivity contribution in [3.05, 3.63) is 47.5 Å². The molecule has 0 radical (unpaired) electrons. The van der Waals surface area contributed by atoms with Crippen molar-refractivity contribution in [3.63, 3.8) is 0 Å². The predicted molar refractivity (Wildman–Crippen MR) is 142 cm³/mol. The molecule has 0 fully saturated rings. The fraction of sp³-hybridized carbons (Fsp3) is 0.571. The van der Waals surface area contributed by atoms with Crippen molar-refractivity contribution in [2.45, 2.75) is 114 Å². The van der Waals surface area contributed by atoms with Crippen molar-refractivity contribution in [1.29, 1.82) is 0 Å². The van der Waals surface area contributed by atoms with Gasteiger partial charge in [0.05, 0.1) is 9.79 Å². The van der Waals surface area contributed by atoms with E-state index in [0.29, 0.717) is 11.5 Å². The molecule has 0 amide bonds. The number of aryl methyl sites for hydroxylation is 2. The van der Waals surface area contributed by atoms with E-state index in [0.717, 1.165) is 35.5 Å². The Hall–Kier alpha value is -1.42. The molecule has 0 atom stereocenters. The van der Waals surface area contributed by atoms with Gasteiger partial charge in [0.1, 0.15) is 11.5 Å². The molecule has 1 heterocycles. The van der Waals surface area contributed by atoms with E-state index in [1.54, 1.807) is 11.8 Å². The summed E-state index contributed by atoms with van der Waals surface area (Å²) in [4.78, 5) is 12.0. The summed E-state index contributed by atoms with van der Waals surface area (Å²) in [7, 11) is -4.24. The van der Waals surface area contributed by atoms with Gasteiger partial charge in [-0.3, -0.25) is 4.89 Å². The quantitative estimate of drug-likeness (QED) is 0.205. The van der Waals surface area contributed by atoms with Crippen molar-refractivity contribution >= 4 is 19.6 Å². The topological polar surface area (TPSA) is 55.8 Å². The zero-order chi connectivity index (χ0) is 24.2. The van der Waals surface area contributed by atoms with Gasteiger partial charge in [0.2, 0.25) is 0 Å². The third-order valence-corrected chi connectivity index (χ3v) is 8.23. The van der Waals surface area contributed by atoms with Crippen LogP contribution in [0.2, 0.25) is 0 Å². The van der Waals surface area contributed by atoms with Gasteiger partial charge in [-0.2, -0.15) is 0 Å². The summed E-state index contributed by atoms with van der Waals surface area (Å²) in [6, 6.07) is 11.9. The van der Waals surface area contributed by atoms with E-state index >= 15 is 0 Å². The number of unbranched alkanes of at least 4 members (excludes halogenated alkanes) is 10. The third kappa shape index (κ3) is 8.98. The van der Waals surface area contributed by atoms with Crippen LogP contribution in [0.3, 0.4) is 0 Å². The second-order valence-corrected chi connectivity index (χ2v) is 11.7. The zero-order valence-electron chi connectivity index (χ0n) is 20.9. The fourth-order valence-electron chi connectivity index (χ4n) is 4.33. The summed E-state index contributed by atoms with van der Waals surface area (Å²) < 4.78 is 23.4. The third-order valence-electron chi connectivity index (χ3n) is 6.30. The second kappa shape index (κ2) is 14.2. The molecule has 0 aliphatic carbocycles. The van der Waals surface area contributed by atoms with Crippen LogP contribution < -0.4 is 9.05 Å². The Kier molecular flexibility index (Phi) is 11.4. The van der Waals surface area contributed by atoms with Gasteiger partial charge in [0, 0.05) is 0 Å². The Bertz CT molecular complexity index is 874. The van der Waals surface area contributed by atoms with Gasteiger partial charge in [0.25, 0.3) is 0 Å². The van der Waals surface area contributed by atoms with Crippen molar-refractivity contribution in [2.75, 3.05) is 0 Å². The minimum atomic E-state index is -4.24. The van der Waals surface area contributed by atoms with Crippen LogP contribution in [0.15, 0.2) is 46.2 Å². The molecule has 0 saturated carbocycles. The Morgan fingerprint density at radius 3 is 1.53 bits per heavy atom. The lowest BCUT2D eigenvalue weighted by Gasteiger charge is -2.22. The highest BCUT2D eigenvalue weighted by atomic mass is 32.2. The predicted octanol–water partition coefficient (Wildman–Crippen LogP) is 9.52. The Balaban J connectivity index is 1.68. The highest BCUT2D eigenvalue weighted by Gasteiger charge is 2.30. The molecule has 1 aliphatic heterocycles. The van der Waals surface area contributed by atoms with E-state index in [4.69, 9.17) is 9.05 Å². The van der Waals surface area contributed by atoms with Crippen molar-refractivity contribution in [1.82, 2.24) is 0 Å². The molecule has 1 N–H and O–H groups in total. The number of rotatable bonds is 14. The number of fused-ring (bicyclic) bond motifs is 2. The second-order valence-electron chi connectivity index (χ2n) is 9.35. The van der Waals surface area contributed by atoms with Gasteiger partial charge in [0.15, 0.2) is 0 Å². The summed E-state index contributed by atoms with van der Waals surface area (Å²) in [5.41, 5.74) is 2.48. The smallest absolute Gasteiger partial charge is 0.394 e. The number of benzene rings is 2. The first kappa shape index (κ1) is 27.2. The van der Waals surface area contributed by atoms with E-state index in [-0.39, 0.29) is 0 Å². The summed E-state index contributed by atoms with van der Waals surface area (Å²) in [6.07, 6.45) is 17.2. The summed E-state index contributed by atoms with van der Waals surface area (Å²) in [5.74, 6) is 0.823. The Morgan fingerprint density at radius 2 is 1.09 bits per heavy atom. The van der Waals surface area contributed by atoms with Crippen LogP contribution in [0.25, 0.3) is 0 Å². The highest BCUT2D eigenvalue weighted by Crippen LogP contribution is 2.53. The van der Waals surface area contributed by atoms with Gasteiger partial charge in [-0.25, -0.2) is 4.57 Å². The molecule has 0 bridgehead atoms. The van der Waals surface area contributed by atoms with E-state index < -0.39 is 7.82 Å². The zero-order valence-corrected chi connectivity index (χ0v) is 22.6. The molecule has 1 aliphatic rings. The lowest BCUT2D eigenvalue weighted by atomic mass is 10.0. The normalized spacial score (nSPS) is 14.3. The first-order chi connectivity index (χ1) is 16.5. The molecular formula is C28H41O4PS. The van der Waals surface area contributed by atoms with Gasteiger partial charge >= 0.3 is 7.82 Å². The molecule has 3 rings (SSSR count). The van der Waals surface area contributed by atoms with Crippen molar-refractivity contribution < 1.29 is 18.5 Å². The minimum absolute atomic E-state index is 0.412. The Labute approximate surface area is 210 Å². The molecule has 2 aromatic carbocycles. The molecule has 0 spiro atoms. The fourth-order valence-corrected chi connectivity index (χ4v) is 6.39. The van der Waals surface area contributed by atoms with Gasteiger partial charge < -0.3 is 9.05 Å². The molecule has 188 valence electrons. The van der Waals surface area contributed by atoms with Crippen LogP contribution in [0.5, 0.6) is 11.5 Å². The molecule has 0 aromatic heterocycles. The SMILES string of the molecule is CCCCCCCCc1ccc2c(c1)Sc1cc(CCCCCCCC)ccc1OP(=O)(O)O2. The standard InChI is InChI=1S/C28H41O4PS/c1-3-5-7-9-11-13-15-23-17-19-25-27(21-23)34-28-22-24(16-14-12-10-8-6-4-2)18-20-26(28)32-33(29,30)31-25/h17-22H,3-16H2,1-2H3,(H,29,30). The van der Waals surface area contributed by atoms with Crippen LogP contribution in [-0.2, 0) is 17.4 Å². The minimum Gasteiger partial charge on any atom is -0.394 e. The average molecular weight is 505 g/mol. The first-order valence-corrected chi connectivity index (χ1v) is 15.5.